The molecule has 76 heavy (non-hydrogen) atoms. The molecule has 0 aliphatic carbocycles. The number of nitrogens with zero attached hydrogens (tertiary/aromatic N) is 2. The first-order valence-electron chi connectivity index (χ1n) is 32.4. The van der Waals surface area contributed by atoms with E-state index in [0.717, 1.165) is 64.7 Å². The molecule has 0 aromatic carbocycles. The molecule has 1 aliphatic heterocycles. The number of esters is 1. The Bertz CT molecular complexity index is 1260. The molecule has 0 spiro atoms. The molecule has 0 unspecified atom stereocenters. The summed E-state index contributed by atoms with van der Waals surface area (Å²) in [5.74, 6) is -0.164. The lowest BCUT2D eigenvalue weighted by Gasteiger charge is -2.34. The van der Waals surface area contributed by atoms with Crippen molar-refractivity contribution >= 4 is 5.97 Å². The van der Waals surface area contributed by atoms with Crippen LogP contribution in [-0.2, 0) is 23.7 Å². The normalized spacial score (nSPS) is 14.3. The van der Waals surface area contributed by atoms with E-state index in [1.165, 1.54) is 193 Å². The van der Waals surface area contributed by atoms with Gasteiger partial charge < -0.3 is 29.0 Å². The first-order chi connectivity index (χ1) is 37.6. The van der Waals surface area contributed by atoms with Crippen LogP contribution in [0.2, 0.25) is 0 Å². The third-order valence-corrected chi connectivity index (χ3v) is 14.7. The maximum absolute atomic E-state index is 13.4. The second kappa shape index (κ2) is 58.8. The van der Waals surface area contributed by atoms with Gasteiger partial charge in [0.2, 0.25) is 0 Å². The summed E-state index contributed by atoms with van der Waals surface area (Å²) in [7, 11) is 0. The van der Waals surface area contributed by atoms with Crippen LogP contribution in [0.1, 0.15) is 258 Å². The van der Waals surface area contributed by atoms with Crippen LogP contribution in [0.15, 0.2) is 72.9 Å². The Kier molecular flexibility index (Phi) is 55.5. The predicted octanol–water partition coefficient (Wildman–Crippen LogP) is 18.0. The van der Waals surface area contributed by atoms with Gasteiger partial charge in [-0.3, -0.25) is 9.69 Å². The van der Waals surface area contributed by atoms with Crippen LogP contribution >= 0.6 is 0 Å². The number of carbonyl (C=O) groups is 1. The maximum atomic E-state index is 13.4. The van der Waals surface area contributed by atoms with Crippen molar-refractivity contribution in [2.75, 3.05) is 92.1 Å². The number of hydrogen-bond donors (Lipinski definition) is 1. The fraction of sp³-hybridized carbons (Fsp3) is 0.809. The summed E-state index contributed by atoms with van der Waals surface area (Å²) in [4.78, 5) is 18.0. The Labute approximate surface area is 471 Å². The van der Waals surface area contributed by atoms with Gasteiger partial charge in [-0.2, -0.15) is 0 Å². The monoisotopic (exact) mass is 1060 g/mol. The van der Waals surface area contributed by atoms with Gasteiger partial charge in [0.15, 0.2) is 0 Å². The zero-order chi connectivity index (χ0) is 54.6. The molecule has 0 saturated carbocycles. The van der Waals surface area contributed by atoms with Gasteiger partial charge in [0.1, 0.15) is 6.61 Å². The van der Waals surface area contributed by atoms with Crippen LogP contribution in [0.4, 0.5) is 0 Å². The average Bonchev–Trinajstić information content (AvgIpc) is 3.43. The summed E-state index contributed by atoms with van der Waals surface area (Å²) in [5.41, 5.74) is -0.555. The molecule has 1 N–H and O–H groups in total. The van der Waals surface area contributed by atoms with E-state index in [-0.39, 0.29) is 19.2 Å². The molecule has 1 rings (SSSR count). The number of piperazine rings is 1. The summed E-state index contributed by atoms with van der Waals surface area (Å²) < 4.78 is 25.6. The molecule has 0 atom stereocenters. The van der Waals surface area contributed by atoms with Gasteiger partial charge in [-0.05, 0) is 116 Å². The molecule has 1 aliphatic rings. The third-order valence-electron chi connectivity index (χ3n) is 14.7. The van der Waals surface area contributed by atoms with Crippen LogP contribution < -0.4 is 0 Å². The van der Waals surface area contributed by atoms with Gasteiger partial charge in [-0.25, -0.2) is 0 Å². The maximum Gasteiger partial charge on any atom is 0.307 e. The smallest absolute Gasteiger partial charge is 0.307 e. The van der Waals surface area contributed by atoms with Crippen LogP contribution in [0, 0.1) is 5.41 Å². The number of unbranched alkanes of at least 4 members (excludes halogenated alkanes) is 27. The molecule has 0 aromatic rings. The van der Waals surface area contributed by atoms with Gasteiger partial charge in [0.05, 0.1) is 38.3 Å². The first-order valence-corrected chi connectivity index (χ1v) is 32.4. The lowest BCUT2D eigenvalue weighted by Crippen LogP contribution is -2.47. The average molecular weight is 1070 g/mol. The van der Waals surface area contributed by atoms with Crippen LogP contribution in [-0.4, -0.2) is 113 Å². The SMILES string of the molecule is CCCCC/C=C\C/C=C\CCCCCCCCOCC(COCCCCCCCC/C=C\C/C=C\CCCCC)(COCCCCCCCC/C=C\C/C=C\CCCCC)COC(=O)CCN1CCN(CCO)CC1. The van der Waals surface area contributed by atoms with Gasteiger partial charge in [-0.1, -0.05) is 209 Å². The van der Waals surface area contributed by atoms with Gasteiger partial charge >= 0.3 is 5.97 Å². The van der Waals surface area contributed by atoms with Gasteiger partial charge in [0, 0.05) is 59.1 Å². The number of aliphatic hydroxyl groups excluding tert-OH is 1. The largest absolute Gasteiger partial charge is 0.465 e. The first kappa shape index (κ1) is 71.7. The highest BCUT2D eigenvalue weighted by atomic mass is 16.5. The summed E-state index contributed by atoms with van der Waals surface area (Å²) in [6, 6.07) is 0. The Morgan fingerprint density at radius 1 is 0.382 bits per heavy atom. The molecular weight excluding hydrogens is 941 g/mol. The number of ether oxygens (including phenoxy) is 4. The number of allylic oxidation sites excluding steroid dienone is 12. The Morgan fingerprint density at radius 2 is 0.671 bits per heavy atom. The minimum Gasteiger partial charge on any atom is -0.465 e. The third kappa shape index (κ3) is 49.9. The lowest BCUT2D eigenvalue weighted by molar-refractivity contribution is -0.156. The van der Waals surface area contributed by atoms with E-state index in [9.17, 15) is 9.90 Å². The van der Waals surface area contributed by atoms with E-state index >= 15 is 0 Å². The molecular formula is C68H124N2O6. The topological polar surface area (TPSA) is 80.7 Å². The second-order valence-corrected chi connectivity index (χ2v) is 22.2. The molecule has 8 nitrogen and oxygen atoms in total. The number of aliphatic hydroxyl groups is 1. The quantitative estimate of drug-likeness (QED) is 0.0367. The van der Waals surface area contributed by atoms with Crippen molar-refractivity contribution in [2.24, 2.45) is 5.41 Å². The van der Waals surface area contributed by atoms with E-state index in [1.807, 2.05) is 0 Å². The molecule has 1 fully saturated rings. The number of carbonyl (C=O) groups excluding carboxylic acids is 1. The van der Waals surface area contributed by atoms with Crippen molar-refractivity contribution in [3.05, 3.63) is 72.9 Å². The standard InChI is InChI=1S/C68H124N2O6/c1-4-7-10-13-16-19-22-25-28-31-34-37-40-43-46-49-60-73-63-68(66-76-67(72)52-53-69-54-56-70(57-55-69)58-59-71,64-74-61-50-47-44-41-38-35-32-29-26-23-20-17-14-11-8-5-2)65-75-62-51-48-45-42-39-36-33-30-27-24-21-18-15-12-9-6-3/h16-21,25-30,71H,4-15,22-24,31-66H2,1-3H3/b19-16-,20-17-,21-18-,28-25-,29-26-,30-27-. The van der Waals surface area contributed by atoms with E-state index in [2.05, 4.69) is 103 Å². The summed E-state index contributed by atoms with van der Waals surface area (Å²) >= 11 is 0. The van der Waals surface area contributed by atoms with Crippen molar-refractivity contribution in [3.63, 3.8) is 0 Å². The van der Waals surface area contributed by atoms with Crippen LogP contribution in [0.5, 0.6) is 0 Å². The van der Waals surface area contributed by atoms with Crippen molar-refractivity contribution in [1.82, 2.24) is 9.80 Å². The number of β-amino-alcohol motifs (C(OH)–C–C–N with tert-alkyl or cyclic N) is 1. The summed E-state index contributed by atoms with van der Waals surface area (Å²) in [5, 5.41) is 9.37. The fourth-order valence-corrected chi connectivity index (χ4v) is 9.63. The lowest BCUT2D eigenvalue weighted by atomic mass is 9.92. The highest BCUT2D eigenvalue weighted by Gasteiger charge is 2.34. The molecule has 1 heterocycles. The van der Waals surface area contributed by atoms with Gasteiger partial charge in [0.25, 0.3) is 0 Å². The number of rotatable bonds is 58. The Morgan fingerprint density at radius 3 is 0.987 bits per heavy atom. The Balaban J connectivity index is 2.70. The molecule has 1 saturated heterocycles. The number of hydrogen-bond acceptors (Lipinski definition) is 8. The minimum absolute atomic E-state index is 0.164. The highest BCUT2D eigenvalue weighted by Crippen LogP contribution is 2.23. The molecule has 0 aromatic heterocycles. The molecule has 0 amide bonds. The predicted molar refractivity (Wildman–Crippen MR) is 329 cm³/mol. The van der Waals surface area contributed by atoms with E-state index in [1.54, 1.807) is 0 Å². The second-order valence-electron chi connectivity index (χ2n) is 22.2. The zero-order valence-electron chi connectivity index (χ0n) is 50.4. The van der Waals surface area contributed by atoms with Crippen molar-refractivity contribution < 1.29 is 28.8 Å². The zero-order valence-corrected chi connectivity index (χ0v) is 50.4. The van der Waals surface area contributed by atoms with E-state index in [4.69, 9.17) is 18.9 Å². The van der Waals surface area contributed by atoms with Crippen LogP contribution in [0.25, 0.3) is 0 Å². The summed E-state index contributed by atoms with van der Waals surface area (Å²) in [6.07, 6.45) is 72.4. The van der Waals surface area contributed by atoms with Gasteiger partial charge in [-0.15, -0.1) is 0 Å². The van der Waals surface area contributed by atoms with Crippen molar-refractivity contribution in [1.29, 1.82) is 0 Å². The molecule has 0 bridgehead atoms. The fourth-order valence-electron chi connectivity index (χ4n) is 9.63. The molecule has 8 heteroatoms. The van der Waals surface area contributed by atoms with Crippen molar-refractivity contribution in [2.45, 2.75) is 258 Å². The van der Waals surface area contributed by atoms with E-state index in [0.29, 0.717) is 59.2 Å². The summed E-state index contributed by atoms with van der Waals surface area (Å²) in [6.45, 7) is 15.8. The van der Waals surface area contributed by atoms with Crippen LogP contribution in [0.3, 0.4) is 0 Å². The molecule has 0 radical (unpaired) electrons. The molecule has 442 valence electrons. The van der Waals surface area contributed by atoms with Crippen molar-refractivity contribution in [3.8, 4) is 0 Å². The highest BCUT2D eigenvalue weighted by molar-refractivity contribution is 5.69. The van der Waals surface area contributed by atoms with E-state index < -0.39 is 5.41 Å². The Hall–Kier alpha value is -2.33. The minimum atomic E-state index is -0.555.